The van der Waals surface area contributed by atoms with Gasteiger partial charge in [0.2, 0.25) is 0 Å². The second-order valence-corrected chi connectivity index (χ2v) is 10.3. The van der Waals surface area contributed by atoms with E-state index in [2.05, 4.69) is 35.2 Å². The Hall–Kier alpha value is -2.02. The van der Waals surface area contributed by atoms with Crippen LogP contribution in [0.4, 0.5) is 0 Å². The summed E-state index contributed by atoms with van der Waals surface area (Å²) in [5.41, 5.74) is 2.61. The number of rotatable bonds is 11. The number of carboxylic acid groups (broad SMARTS) is 1. The Morgan fingerprint density at radius 1 is 1.06 bits per heavy atom. The van der Waals surface area contributed by atoms with E-state index in [0.29, 0.717) is 38.6 Å². The smallest absolute Gasteiger partial charge is 0.303 e. The zero-order valence-corrected chi connectivity index (χ0v) is 20.9. The van der Waals surface area contributed by atoms with Gasteiger partial charge in [-0.15, -0.1) is 0 Å². The van der Waals surface area contributed by atoms with Crippen LogP contribution in [0.1, 0.15) is 81.3 Å². The Morgan fingerprint density at radius 2 is 1.77 bits per heavy atom. The minimum absolute atomic E-state index is 0.0826. The molecule has 4 rings (SSSR count). The molecule has 2 saturated carbocycles. The van der Waals surface area contributed by atoms with Crippen molar-refractivity contribution >= 4 is 11.8 Å². The van der Waals surface area contributed by atoms with Crippen LogP contribution in [-0.4, -0.2) is 60.2 Å². The first-order valence-electron chi connectivity index (χ1n) is 13.5. The first-order valence-corrected chi connectivity index (χ1v) is 13.5. The van der Waals surface area contributed by atoms with Gasteiger partial charge in [-0.25, -0.2) is 0 Å². The van der Waals surface area contributed by atoms with E-state index in [0.717, 1.165) is 25.9 Å². The van der Waals surface area contributed by atoms with Crippen LogP contribution in [0.15, 0.2) is 36.4 Å². The van der Waals surface area contributed by atoms with Gasteiger partial charge in [0.05, 0.1) is 32.0 Å². The topological polar surface area (TPSA) is 76.1 Å². The molecule has 0 aromatic heterocycles. The van der Waals surface area contributed by atoms with Crippen LogP contribution < -0.4 is 0 Å². The lowest BCUT2D eigenvalue weighted by atomic mass is 9.84. The molecule has 192 valence electrons. The molecule has 6 nitrogen and oxygen atoms in total. The van der Waals surface area contributed by atoms with Crippen LogP contribution in [0.5, 0.6) is 0 Å². The number of hydrogen-bond acceptors (Lipinski definition) is 5. The first-order chi connectivity index (χ1) is 17.1. The third-order valence-corrected chi connectivity index (χ3v) is 7.93. The predicted molar refractivity (Wildman–Crippen MR) is 135 cm³/mol. The van der Waals surface area contributed by atoms with Crippen molar-refractivity contribution in [3.8, 4) is 0 Å². The van der Waals surface area contributed by atoms with Crippen molar-refractivity contribution in [2.24, 2.45) is 5.92 Å². The number of benzene rings is 1. The summed E-state index contributed by atoms with van der Waals surface area (Å²) in [4.78, 5) is 26.1. The van der Waals surface area contributed by atoms with Gasteiger partial charge in [0.25, 0.3) is 0 Å². The quantitative estimate of drug-likeness (QED) is 0.441. The Kier molecular flexibility index (Phi) is 9.93. The van der Waals surface area contributed by atoms with Gasteiger partial charge in [-0.05, 0) is 49.1 Å². The van der Waals surface area contributed by atoms with Crippen molar-refractivity contribution in [2.75, 3.05) is 26.3 Å². The van der Waals surface area contributed by atoms with E-state index >= 15 is 0 Å². The van der Waals surface area contributed by atoms with Crippen molar-refractivity contribution in [3.63, 3.8) is 0 Å². The minimum Gasteiger partial charge on any atom is -0.481 e. The number of allylic oxidation sites excluding steroid dienone is 2. The van der Waals surface area contributed by atoms with Gasteiger partial charge >= 0.3 is 5.97 Å². The minimum atomic E-state index is -0.774. The molecule has 2 aliphatic carbocycles. The largest absolute Gasteiger partial charge is 0.481 e. The fourth-order valence-corrected chi connectivity index (χ4v) is 6.03. The molecule has 1 aromatic carbocycles. The molecule has 0 amide bonds. The van der Waals surface area contributed by atoms with Gasteiger partial charge in [-0.1, -0.05) is 55.7 Å². The van der Waals surface area contributed by atoms with Gasteiger partial charge in [0, 0.05) is 31.8 Å². The van der Waals surface area contributed by atoms with E-state index in [4.69, 9.17) is 14.6 Å². The fraction of sp³-hybridized carbons (Fsp3) is 0.655. The fourth-order valence-electron chi connectivity index (χ4n) is 6.03. The molecule has 0 bridgehead atoms. The lowest BCUT2D eigenvalue weighted by molar-refractivity contribution is -0.136. The maximum Gasteiger partial charge on any atom is 0.303 e. The molecule has 0 unspecified atom stereocenters. The Morgan fingerprint density at radius 3 is 2.49 bits per heavy atom. The van der Waals surface area contributed by atoms with E-state index < -0.39 is 5.97 Å². The van der Waals surface area contributed by atoms with E-state index in [1.54, 1.807) is 0 Å². The lowest BCUT2D eigenvalue weighted by Gasteiger charge is -2.35. The zero-order chi connectivity index (χ0) is 24.5. The molecule has 6 heteroatoms. The molecular weight excluding hydrogens is 442 g/mol. The molecule has 1 aromatic rings. The van der Waals surface area contributed by atoms with Gasteiger partial charge in [-0.3, -0.25) is 14.5 Å². The number of carboxylic acids is 1. The van der Waals surface area contributed by atoms with Crippen LogP contribution >= 0.6 is 0 Å². The molecule has 1 aliphatic heterocycles. The number of Topliss-reactive ketones (excluding diaryl/α,β-unsaturated/α-hetero) is 1. The average Bonchev–Trinajstić information content (AvgIpc) is 3.20. The van der Waals surface area contributed by atoms with E-state index in [1.165, 1.54) is 43.2 Å². The number of ether oxygens (including phenoxy) is 2. The Bertz CT molecular complexity index is 839. The van der Waals surface area contributed by atoms with Crippen molar-refractivity contribution in [2.45, 2.75) is 88.9 Å². The summed E-state index contributed by atoms with van der Waals surface area (Å²) in [7, 11) is 0. The monoisotopic (exact) mass is 483 g/mol. The molecule has 3 atom stereocenters. The number of carbonyl (C=O) groups is 2. The summed E-state index contributed by atoms with van der Waals surface area (Å²) >= 11 is 0. The zero-order valence-electron chi connectivity index (χ0n) is 20.9. The van der Waals surface area contributed by atoms with Crippen molar-refractivity contribution < 1.29 is 24.2 Å². The highest BCUT2D eigenvalue weighted by atomic mass is 16.5. The van der Waals surface area contributed by atoms with Gasteiger partial charge in [0.1, 0.15) is 0 Å². The van der Waals surface area contributed by atoms with Crippen LogP contribution in [0.2, 0.25) is 0 Å². The molecule has 1 N–H and O–H groups in total. The highest BCUT2D eigenvalue weighted by molar-refractivity contribution is 5.87. The third-order valence-electron chi connectivity index (χ3n) is 7.93. The van der Waals surface area contributed by atoms with Gasteiger partial charge in [0.15, 0.2) is 5.78 Å². The normalized spacial score (nSPS) is 26.5. The summed E-state index contributed by atoms with van der Waals surface area (Å²) in [6.07, 6.45) is 13.4. The highest BCUT2D eigenvalue weighted by Gasteiger charge is 2.45. The number of hydrogen-bond donors (Lipinski definition) is 1. The maximum absolute atomic E-state index is 13.1. The van der Waals surface area contributed by atoms with Gasteiger partial charge in [-0.2, -0.15) is 0 Å². The number of morpholine rings is 1. The molecule has 3 aliphatic rings. The second kappa shape index (κ2) is 13.3. The highest BCUT2D eigenvalue weighted by Crippen LogP contribution is 2.35. The van der Waals surface area contributed by atoms with E-state index in [1.807, 2.05) is 6.08 Å². The molecule has 3 fully saturated rings. The maximum atomic E-state index is 13.1. The molecule has 0 spiro atoms. The summed E-state index contributed by atoms with van der Waals surface area (Å²) in [6.45, 7) is 3.45. The lowest BCUT2D eigenvalue weighted by Crippen LogP contribution is -2.49. The number of ketones is 1. The second-order valence-electron chi connectivity index (χ2n) is 10.3. The van der Waals surface area contributed by atoms with Crippen LogP contribution in [0, 0.1) is 5.92 Å². The molecule has 35 heavy (non-hydrogen) atoms. The van der Waals surface area contributed by atoms with E-state index in [9.17, 15) is 9.59 Å². The van der Waals surface area contributed by atoms with Crippen LogP contribution in [-0.2, 0) is 25.7 Å². The van der Waals surface area contributed by atoms with Crippen molar-refractivity contribution in [1.82, 2.24) is 4.90 Å². The average molecular weight is 484 g/mol. The molecule has 0 radical (unpaired) electrons. The van der Waals surface area contributed by atoms with Gasteiger partial charge < -0.3 is 14.6 Å². The third kappa shape index (κ3) is 7.48. The SMILES string of the molecule is O=C(O)CC/C=C\CC[C@H]1[C@@H](OCc2ccc(C3CCCCC3)cc2)CC(=O)[C@@H]1N1CCOCC1. The summed E-state index contributed by atoms with van der Waals surface area (Å²) in [6, 6.07) is 8.82. The number of aliphatic carboxylic acids is 1. The number of nitrogens with zero attached hydrogens (tertiary/aromatic N) is 1. The van der Waals surface area contributed by atoms with Crippen molar-refractivity contribution in [1.29, 1.82) is 0 Å². The van der Waals surface area contributed by atoms with Crippen LogP contribution in [0.3, 0.4) is 0 Å². The molecular formula is C29H41NO5. The Balaban J connectivity index is 1.35. The number of carbonyl (C=O) groups excluding carboxylic acids is 1. The predicted octanol–water partition coefficient (Wildman–Crippen LogP) is 5.11. The standard InChI is InChI=1S/C29H41NO5/c31-26-20-27(35-21-22-12-14-24(15-13-22)23-8-4-3-5-9-23)25(10-6-1-2-7-11-28(32)33)29(26)30-16-18-34-19-17-30/h1-2,12-15,23,25,27,29H,3-11,16-21H2,(H,32,33)/b2-1-/t25-,27-,29+/m0/s1. The van der Waals surface area contributed by atoms with Crippen LogP contribution in [0.25, 0.3) is 0 Å². The summed E-state index contributed by atoms with van der Waals surface area (Å²) in [5.74, 6) is 0.354. The van der Waals surface area contributed by atoms with E-state index in [-0.39, 0.29) is 30.3 Å². The van der Waals surface area contributed by atoms with Crippen molar-refractivity contribution in [3.05, 3.63) is 47.5 Å². The Labute approximate surface area is 209 Å². The molecule has 1 heterocycles. The first kappa shape index (κ1) is 26.1. The summed E-state index contributed by atoms with van der Waals surface area (Å²) in [5, 5.41) is 8.82. The molecule has 1 saturated heterocycles. The summed E-state index contributed by atoms with van der Waals surface area (Å²) < 4.78 is 11.9.